The Labute approximate surface area is 158 Å². The lowest BCUT2D eigenvalue weighted by molar-refractivity contribution is 0.218. The number of rotatable bonds is 4. The van der Waals surface area contributed by atoms with Gasteiger partial charge >= 0.3 is 0 Å². The van der Waals surface area contributed by atoms with Gasteiger partial charge in [-0.3, -0.25) is 4.90 Å². The molecule has 0 unspecified atom stereocenters. The molecule has 4 rings (SSSR count). The number of hydrogen-bond acceptors (Lipinski definition) is 4. The quantitative estimate of drug-likeness (QED) is 0.640. The molecule has 0 spiro atoms. The van der Waals surface area contributed by atoms with Gasteiger partial charge in [0.2, 0.25) is 0 Å². The van der Waals surface area contributed by atoms with Crippen molar-refractivity contribution < 1.29 is 9.47 Å². The first-order valence-electron chi connectivity index (χ1n) is 8.88. The maximum Gasteiger partial charge on any atom is 0.165 e. The molecule has 0 radical (unpaired) electrons. The Bertz CT molecular complexity index is 872. The minimum atomic E-state index is 0.679. The minimum absolute atomic E-state index is 0.679. The normalized spacial score (nSPS) is 14.4. The molecular weight excluding hydrogens is 342 g/mol. The second-order valence-electron chi connectivity index (χ2n) is 6.67. The van der Waals surface area contributed by atoms with Crippen LogP contribution in [0.1, 0.15) is 16.0 Å². The van der Waals surface area contributed by atoms with Gasteiger partial charge in [0.15, 0.2) is 11.5 Å². The van der Waals surface area contributed by atoms with Gasteiger partial charge < -0.3 is 9.47 Å². The molecule has 0 atom stereocenters. The zero-order valence-corrected chi connectivity index (χ0v) is 16.0. The standard InChI is InChI=1S/C22H23NO2S/c1-16-5-7-17(8-6-16)18-12-19-14-23(15-20-4-3-11-26-20)9-10-25-22(19)21(13-18)24-2/h3-8,11-13H,9-10,14-15H2,1-2H3. The van der Waals surface area contributed by atoms with Crippen LogP contribution in [0.2, 0.25) is 0 Å². The number of thiophene rings is 1. The summed E-state index contributed by atoms with van der Waals surface area (Å²) in [6.45, 7) is 5.52. The lowest BCUT2D eigenvalue weighted by Crippen LogP contribution is -2.24. The molecule has 0 bridgehead atoms. The third kappa shape index (κ3) is 3.62. The number of ether oxygens (including phenoxy) is 2. The van der Waals surface area contributed by atoms with Crippen molar-refractivity contribution in [3.05, 3.63) is 69.9 Å². The summed E-state index contributed by atoms with van der Waals surface area (Å²) >= 11 is 1.81. The van der Waals surface area contributed by atoms with Crippen LogP contribution in [0.4, 0.5) is 0 Å². The molecule has 2 heterocycles. The fourth-order valence-corrected chi connectivity index (χ4v) is 4.11. The molecule has 134 valence electrons. The van der Waals surface area contributed by atoms with Gasteiger partial charge in [-0.1, -0.05) is 35.9 Å². The van der Waals surface area contributed by atoms with E-state index in [9.17, 15) is 0 Å². The van der Waals surface area contributed by atoms with Crippen molar-refractivity contribution in [2.24, 2.45) is 0 Å². The molecule has 0 fully saturated rings. The van der Waals surface area contributed by atoms with Crippen molar-refractivity contribution >= 4 is 11.3 Å². The van der Waals surface area contributed by atoms with Gasteiger partial charge in [-0.05, 0) is 41.6 Å². The zero-order valence-electron chi connectivity index (χ0n) is 15.2. The van der Waals surface area contributed by atoms with E-state index < -0.39 is 0 Å². The molecule has 0 saturated heterocycles. The van der Waals surface area contributed by atoms with Crippen molar-refractivity contribution in [2.45, 2.75) is 20.0 Å². The minimum Gasteiger partial charge on any atom is -0.493 e. The summed E-state index contributed by atoms with van der Waals surface area (Å²) in [4.78, 5) is 3.82. The van der Waals surface area contributed by atoms with Crippen LogP contribution in [0.25, 0.3) is 11.1 Å². The van der Waals surface area contributed by atoms with E-state index in [4.69, 9.17) is 9.47 Å². The molecule has 26 heavy (non-hydrogen) atoms. The van der Waals surface area contributed by atoms with E-state index in [1.165, 1.54) is 27.1 Å². The maximum absolute atomic E-state index is 6.07. The van der Waals surface area contributed by atoms with Gasteiger partial charge in [0, 0.05) is 30.1 Å². The Balaban J connectivity index is 1.68. The van der Waals surface area contributed by atoms with Gasteiger partial charge in [0.1, 0.15) is 6.61 Å². The monoisotopic (exact) mass is 365 g/mol. The first-order chi connectivity index (χ1) is 12.7. The molecule has 0 aliphatic carbocycles. The van der Waals surface area contributed by atoms with Gasteiger partial charge in [-0.2, -0.15) is 0 Å². The second kappa shape index (κ2) is 7.52. The van der Waals surface area contributed by atoms with Crippen LogP contribution >= 0.6 is 11.3 Å². The molecule has 1 aliphatic heterocycles. The third-order valence-electron chi connectivity index (χ3n) is 4.74. The smallest absolute Gasteiger partial charge is 0.165 e. The molecule has 1 aromatic heterocycles. The lowest BCUT2D eigenvalue weighted by atomic mass is 10.0. The predicted octanol–water partition coefficient (Wildman–Crippen LogP) is 5.13. The number of nitrogens with zero attached hydrogens (tertiary/aromatic N) is 1. The average Bonchev–Trinajstić information content (AvgIpc) is 3.07. The van der Waals surface area contributed by atoms with Crippen LogP contribution in [0, 0.1) is 6.92 Å². The van der Waals surface area contributed by atoms with Gasteiger partial charge in [-0.15, -0.1) is 11.3 Å². The largest absolute Gasteiger partial charge is 0.493 e. The summed E-state index contributed by atoms with van der Waals surface area (Å²) in [6, 6.07) is 17.3. The highest BCUT2D eigenvalue weighted by Gasteiger charge is 2.20. The van der Waals surface area contributed by atoms with E-state index in [1.54, 1.807) is 18.4 Å². The molecular formula is C22H23NO2S. The molecule has 2 aromatic carbocycles. The maximum atomic E-state index is 6.07. The van der Waals surface area contributed by atoms with Crippen LogP contribution in [0.3, 0.4) is 0 Å². The fraction of sp³-hybridized carbons (Fsp3) is 0.273. The summed E-state index contributed by atoms with van der Waals surface area (Å²) in [6.07, 6.45) is 0. The number of fused-ring (bicyclic) bond motifs is 1. The molecule has 0 saturated carbocycles. The van der Waals surface area contributed by atoms with E-state index in [-0.39, 0.29) is 0 Å². The van der Waals surface area contributed by atoms with E-state index in [0.717, 1.165) is 31.1 Å². The number of aryl methyl sites for hydroxylation is 1. The van der Waals surface area contributed by atoms with Crippen molar-refractivity contribution in [2.75, 3.05) is 20.3 Å². The van der Waals surface area contributed by atoms with E-state index in [2.05, 4.69) is 65.7 Å². The summed E-state index contributed by atoms with van der Waals surface area (Å²) in [5.41, 5.74) is 4.82. The topological polar surface area (TPSA) is 21.7 Å². The Morgan fingerprint density at radius 2 is 1.96 bits per heavy atom. The molecule has 1 aliphatic rings. The van der Waals surface area contributed by atoms with Crippen LogP contribution in [0.15, 0.2) is 53.9 Å². The highest BCUT2D eigenvalue weighted by Crippen LogP contribution is 2.38. The van der Waals surface area contributed by atoms with Crippen LogP contribution in [-0.4, -0.2) is 25.2 Å². The number of benzene rings is 2. The van der Waals surface area contributed by atoms with Gasteiger partial charge in [0.05, 0.1) is 7.11 Å². The summed E-state index contributed by atoms with van der Waals surface area (Å²) in [7, 11) is 1.71. The molecule has 3 nitrogen and oxygen atoms in total. The summed E-state index contributed by atoms with van der Waals surface area (Å²) in [5, 5.41) is 2.14. The third-order valence-corrected chi connectivity index (χ3v) is 5.61. The fourth-order valence-electron chi connectivity index (χ4n) is 3.36. The van der Waals surface area contributed by atoms with Gasteiger partial charge in [-0.25, -0.2) is 0 Å². The average molecular weight is 365 g/mol. The molecule has 4 heteroatoms. The van der Waals surface area contributed by atoms with Crippen LogP contribution < -0.4 is 9.47 Å². The van der Waals surface area contributed by atoms with Crippen LogP contribution in [-0.2, 0) is 13.1 Å². The lowest BCUT2D eigenvalue weighted by Gasteiger charge is -2.19. The highest BCUT2D eigenvalue weighted by molar-refractivity contribution is 7.09. The Kier molecular flexibility index (Phi) is 4.96. The SMILES string of the molecule is COc1cc(-c2ccc(C)cc2)cc2c1OCCN(Cc1cccs1)C2. The van der Waals surface area contributed by atoms with Crippen molar-refractivity contribution in [1.29, 1.82) is 0 Å². The van der Waals surface area contributed by atoms with Crippen LogP contribution in [0.5, 0.6) is 11.5 Å². The Morgan fingerprint density at radius 1 is 1.12 bits per heavy atom. The summed E-state index contributed by atoms with van der Waals surface area (Å²) < 4.78 is 11.7. The van der Waals surface area contributed by atoms with Crippen molar-refractivity contribution in [3.63, 3.8) is 0 Å². The first-order valence-corrected chi connectivity index (χ1v) is 9.76. The van der Waals surface area contributed by atoms with Gasteiger partial charge in [0.25, 0.3) is 0 Å². The second-order valence-corrected chi connectivity index (χ2v) is 7.70. The van der Waals surface area contributed by atoms with Crippen molar-refractivity contribution in [3.8, 4) is 22.6 Å². The molecule has 0 amide bonds. The number of methoxy groups -OCH3 is 1. The predicted molar refractivity (Wildman–Crippen MR) is 107 cm³/mol. The van der Waals surface area contributed by atoms with Crippen molar-refractivity contribution in [1.82, 2.24) is 4.90 Å². The molecule has 3 aromatic rings. The van der Waals surface area contributed by atoms with E-state index in [0.29, 0.717) is 6.61 Å². The summed E-state index contributed by atoms with van der Waals surface area (Å²) in [5.74, 6) is 1.70. The Hall–Kier alpha value is -2.30. The van der Waals surface area contributed by atoms with E-state index >= 15 is 0 Å². The highest BCUT2D eigenvalue weighted by atomic mass is 32.1. The van der Waals surface area contributed by atoms with E-state index in [1.807, 2.05) is 0 Å². The first kappa shape index (κ1) is 17.1. The Morgan fingerprint density at radius 3 is 2.69 bits per heavy atom. The number of hydrogen-bond donors (Lipinski definition) is 0. The zero-order chi connectivity index (χ0) is 17.9. The molecule has 0 N–H and O–H groups in total.